The normalized spacial score (nSPS) is 10.7. The number of thiazole rings is 1. The topological polar surface area (TPSA) is 42.4 Å². The van der Waals surface area contributed by atoms with Gasteiger partial charge in [0.25, 0.3) is 0 Å². The van der Waals surface area contributed by atoms with Crippen LogP contribution in [0.3, 0.4) is 0 Å². The number of nitrogens with zero attached hydrogens (tertiary/aromatic N) is 1. The lowest BCUT2D eigenvalue weighted by atomic mass is 10.2. The summed E-state index contributed by atoms with van der Waals surface area (Å²) in [5, 5.41) is 14.3. The monoisotopic (exact) mass is 303 g/mol. The minimum Gasteiger partial charge on any atom is -0.487 e. The highest BCUT2D eigenvalue weighted by Crippen LogP contribution is 2.28. The Labute approximate surface area is 125 Å². The van der Waals surface area contributed by atoms with Crippen molar-refractivity contribution in [1.29, 1.82) is 0 Å². The van der Waals surface area contributed by atoms with Crippen molar-refractivity contribution in [3.8, 4) is 15.6 Å². The number of hydrogen-bond donors (Lipinski definition) is 1. The van der Waals surface area contributed by atoms with E-state index in [1.807, 2.05) is 41.1 Å². The third kappa shape index (κ3) is 2.90. The van der Waals surface area contributed by atoms with Gasteiger partial charge >= 0.3 is 0 Å². The minimum absolute atomic E-state index is 0.0202. The molecule has 1 aromatic carbocycles. The number of aromatic nitrogens is 1. The highest BCUT2D eigenvalue weighted by atomic mass is 32.1. The molecule has 2 heterocycles. The molecule has 0 spiro atoms. The van der Waals surface area contributed by atoms with Crippen molar-refractivity contribution in [3.63, 3.8) is 0 Å². The van der Waals surface area contributed by atoms with E-state index in [9.17, 15) is 5.11 Å². The van der Waals surface area contributed by atoms with Gasteiger partial charge in [-0.25, -0.2) is 4.98 Å². The fourth-order valence-corrected chi connectivity index (χ4v) is 3.43. The molecule has 0 fully saturated rings. The summed E-state index contributed by atoms with van der Waals surface area (Å²) < 4.78 is 5.73. The van der Waals surface area contributed by atoms with Gasteiger partial charge in [0.05, 0.1) is 17.2 Å². The van der Waals surface area contributed by atoms with Crippen LogP contribution in [0.25, 0.3) is 9.88 Å². The Morgan fingerprint density at radius 3 is 2.80 bits per heavy atom. The molecule has 0 saturated carbocycles. The Kier molecular flexibility index (Phi) is 4.11. The number of hydrogen-bond acceptors (Lipinski definition) is 5. The van der Waals surface area contributed by atoms with Gasteiger partial charge in [-0.3, -0.25) is 0 Å². The Bertz CT molecular complexity index is 677. The van der Waals surface area contributed by atoms with Crippen molar-refractivity contribution in [2.75, 3.05) is 0 Å². The first-order chi connectivity index (χ1) is 9.86. The summed E-state index contributed by atoms with van der Waals surface area (Å²) in [6, 6.07) is 11.6. The molecule has 0 radical (unpaired) electrons. The van der Waals surface area contributed by atoms with Crippen LogP contribution in [0.4, 0.5) is 0 Å². The zero-order valence-corrected chi connectivity index (χ0v) is 12.3. The summed E-state index contributed by atoms with van der Waals surface area (Å²) in [5.74, 6) is 0.709. The van der Waals surface area contributed by atoms with Gasteiger partial charge in [-0.05, 0) is 17.5 Å². The highest BCUT2D eigenvalue weighted by molar-refractivity contribution is 7.20. The lowest BCUT2D eigenvalue weighted by Crippen LogP contribution is -1.98. The second-order valence-corrected chi connectivity index (χ2v) is 5.98. The molecule has 0 atom stereocenters. The zero-order valence-electron chi connectivity index (χ0n) is 10.7. The first-order valence-corrected chi connectivity index (χ1v) is 7.92. The van der Waals surface area contributed by atoms with Crippen LogP contribution in [-0.4, -0.2) is 10.1 Å². The molecule has 5 heteroatoms. The fraction of sp³-hybridized carbons (Fsp3) is 0.133. The summed E-state index contributed by atoms with van der Waals surface area (Å²) in [7, 11) is 0. The van der Waals surface area contributed by atoms with Gasteiger partial charge in [-0.15, -0.1) is 22.7 Å². The van der Waals surface area contributed by atoms with Crippen LogP contribution in [0.1, 0.15) is 11.3 Å². The third-order valence-corrected chi connectivity index (χ3v) is 4.73. The Hall–Kier alpha value is -1.69. The summed E-state index contributed by atoms with van der Waals surface area (Å²) in [6.07, 6.45) is 0. The van der Waals surface area contributed by atoms with Gasteiger partial charge in [-0.1, -0.05) is 24.3 Å². The molecule has 0 unspecified atom stereocenters. The molecule has 0 saturated heterocycles. The predicted octanol–water partition coefficient (Wildman–Crippen LogP) is 3.94. The van der Waals surface area contributed by atoms with Gasteiger partial charge in [-0.2, -0.15) is 0 Å². The first kappa shape index (κ1) is 13.3. The molecule has 3 aromatic rings. The number of ether oxygens (including phenoxy) is 1. The Morgan fingerprint density at radius 1 is 1.10 bits per heavy atom. The van der Waals surface area contributed by atoms with E-state index in [1.54, 1.807) is 22.7 Å². The fourth-order valence-electron chi connectivity index (χ4n) is 1.81. The van der Waals surface area contributed by atoms with Crippen LogP contribution in [0.5, 0.6) is 5.75 Å². The quantitative estimate of drug-likeness (QED) is 0.776. The average molecular weight is 303 g/mol. The second kappa shape index (κ2) is 6.17. The van der Waals surface area contributed by atoms with Gasteiger partial charge in [0, 0.05) is 10.9 Å². The summed E-state index contributed by atoms with van der Waals surface area (Å²) in [6.45, 7) is 0.395. The van der Waals surface area contributed by atoms with Crippen LogP contribution in [0.2, 0.25) is 0 Å². The number of thiophene rings is 1. The van der Waals surface area contributed by atoms with Gasteiger partial charge < -0.3 is 9.84 Å². The number of para-hydroxylation sites is 1. The highest BCUT2D eigenvalue weighted by Gasteiger charge is 2.07. The lowest BCUT2D eigenvalue weighted by molar-refractivity contribution is 0.258. The van der Waals surface area contributed by atoms with Gasteiger partial charge in [0.2, 0.25) is 0 Å². The SMILES string of the molecule is OCc1ccccc1OCc1csc(-c2cccs2)n1. The smallest absolute Gasteiger partial charge is 0.133 e. The van der Waals surface area contributed by atoms with Crippen LogP contribution in [-0.2, 0) is 13.2 Å². The van der Waals surface area contributed by atoms with Crippen molar-refractivity contribution in [2.45, 2.75) is 13.2 Å². The molecule has 3 nitrogen and oxygen atoms in total. The van der Waals surface area contributed by atoms with Crippen LogP contribution in [0, 0.1) is 0 Å². The molecular weight excluding hydrogens is 290 g/mol. The van der Waals surface area contributed by atoms with Crippen molar-refractivity contribution in [1.82, 2.24) is 4.98 Å². The van der Waals surface area contributed by atoms with E-state index in [0.717, 1.165) is 16.3 Å². The largest absolute Gasteiger partial charge is 0.487 e. The standard InChI is InChI=1S/C15H13NO2S2/c17-8-11-4-1-2-5-13(11)18-9-12-10-20-15(16-12)14-6-3-7-19-14/h1-7,10,17H,8-9H2. The van der Waals surface area contributed by atoms with E-state index >= 15 is 0 Å². The van der Waals surface area contributed by atoms with Crippen LogP contribution >= 0.6 is 22.7 Å². The zero-order chi connectivity index (χ0) is 13.8. The number of aliphatic hydroxyl groups excluding tert-OH is 1. The maximum Gasteiger partial charge on any atom is 0.133 e. The average Bonchev–Trinajstić information content (AvgIpc) is 3.16. The lowest BCUT2D eigenvalue weighted by Gasteiger charge is -2.08. The molecule has 0 bridgehead atoms. The van der Waals surface area contributed by atoms with Gasteiger partial charge in [0.1, 0.15) is 17.4 Å². The maximum atomic E-state index is 9.25. The number of aliphatic hydroxyl groups is 1. The summed E-state index contributed by atoms with van der Waals surface area (Å²) in [4.78, 5) is 5.74. The molecule has 0 aliphatic rings. The van der Waals surface area contributed by atoms with E-state index in [1.165, 1.54) is 4.88 Å². The minimum atomic E-state index is -0.0202. The maximum absolute atomic E-state index is 9.25. The molecule has 3 rings (SSSR count). The molecular formula is C15H13NO2S2. The number of rotatable bonds is 5. The van der Waals surface area contributed by atoms with E-state index < -0.39 is 0 Å². The van der Waals surface area contributed by atoms with Crippen LogP contribution < -0.4 is 4.74 Å². The Balaban J connectivity index is 1.70. The molecule has 2 aromatic heterocycles. The van der Waals surface area contributed by atoms with Crippen molar-refractivity contribution >= 4 is 22.7 Å². The van der Waals surface area contributed by atoms with Crippen molar-refractivity contribution < 1.29 is 9.84 Å². The number of benzene rings is 1. The van der Waals surface area contributed by atoms with E-state index in [2.05, 4.69) is 11.1 Å². The van der Waals surface area contributed by atoms with E-state index in [-0.39, 0.29) is 6.61 Å². The summed E-state index contributed by atoms with van der Waals surface area (Å²) in [5.41, 5.74) is 1.70. The van der Waals surface area contributed by atoms with Gasteiger partial charge in [0.15, 0.2) is 0 Å². The molecule has 20 heavy (non-hydrogen) atoms. The van der Waals surface area contributed by atoms with Crippen LogP contribution in [0.15, 0.2) is 47.2 Å². The summed E-state index contributed by atoms with van der Waals surface area (Å²) >= 11 is 3.31. The molecule has 1 N–H and O–H groups in total. The third-order valence-electron chi connectivity index (χ3n) is 2.80. The molecule has 0 amide bonds. The Morgan fingerprint density at radius 2 is 2.00 bits per heavy atom. The molecule has 0 aliphatic carbocycles. The second-order valence-electron chi connectivity index (χ2n) is 4.18. The molecule has 102 valence electrons. The molecule has 0 aliphatic heterocycles. The predicted molar refractivity (Wildman–Crippen MR) is 82.1 cm³/mol. The van der Waals surface area contributed by atoms with E-state index in [4.69, 9.17) is 4.74 Å². The first-order valence-electron chi connectivity index (χ1n) is 6.16. The van der Waals surface area contributed by atoms with E-state index in [0.29, 0.717) is 12.4 Å². The van der Waals surface area contributed by atoms with Crippen molar-refractivity contribution in [2.24, 2.45) is 0 Å². The van der Waals surface area contributed by atoms with Crippen molar-refractivity contribution in [3.05, 3.63) is 58.4 Å².